The molecule has 0 bridgehead atoms. The van der Waals surface area contributed by atoms with E-state index in [1.54, 1.807) is 0 Å². The molecule has 1 aliphatic heterocycles. The summed E-state index contributed by atoms with van der Waals surface area (Å²) < 4.78 is 10.6. The number of amides is 1. The van der Waals surface area contributed by atoms with Gasteiger partial charge >= 0.3 is 0 Å². The van der Waals surface area contributed by atoms with Gasteiger partial charge in [-0.25, -0.2) is 0 Å². The Labute approximate surface area is 160 Å². The predicted octanol–water partition coefficient (Wildman–Crippen LogP) is 0.0598. The number of aliphatic hydroxyl groups is 4. The van der Waals surface area contributed by atoms with Crippen LogP contribution in [-0.2, 0) is 14.3 Å². The second kappa shape index (κ2) is 11.9. The van der Waals surface area contributed by atoms with Gasteiger partial charge in [-0.2, -0.15) is 0 Å². The van der Waals surface area contributed by atoms with Crippen molar-refractivity contribution in [2.75, 3.05) is 19.8 Å². The summed E-state index contributed by atoms with van der Waals surface area (Å²) in [6, 6.07) is 0. The van der Waals surface area contributed by atoms with E-state index in [1.165, 1.54) is 38.5 Å². The van der Waals surface area contributed by atoms with E-state index in [0.717, 1.165) is 18.8 Å². The fourth-order valence-electron chi connectivity index (χ4n) is 3.85. The van der Waals surface area contributed by atoms with E-state index < -0.39 is 37.3 Å². The molecule has 5 atom stereocenters. The number of unbranched alkanes of at least 4 members (excludes halogenated alkanes) is 1. The first-order chi connectivity index (χ1) is 13.0. The molecule has 8 heteroatoms. The highest BCUT2D eigenvalue weighted by atomic mass is 16.7. The number of nitrogens with one attached hydrogen (secondary N) is 1. The SMILES string of the molecule is O=C(CCCCC1CCCCC1)NCCO[C@H]1O[C@H](CO)[C@H](O)[C@H](O)[C@H]1O. The van der Waals surface area contributed by atoms with Gasteiger partial charge in [-0.05, 0) is 12.3 Å². The summed E-state index contributed by atoms with van der Waals surface area (Å²) in [6.45, 7) is -0.143. The van der Waals surface area contributed by atoms with Crippen molar-refractivity contribution in [3.8, 4) is 0 Å². The lowest BCUT2D eigenvalue weighted by Gasteiger charge is -2.39. The molecular formula is C19H35NO7. The highest BCUT2D eigenvalue weighted by molar-refractivity contribution is 5.75. The van der Waals surface area contributed by atoms with Gasteiger partial charge in [0.15, 0.2) is 6.29 Å². The van der Waals surface area contributed by atoms with E-state index in [1.807, 2.05) is 0 Å². The van der Waals surface area contributed by atoms with E-state index in [-0.39, 0.29) is 19.1 Å². The minimum Gasteiger partial charge on any atom is -0.394 e. The van der Waals surface area contributed by atoms with Gasteiger partial charge in [-0.1, -0.05) is 44.9 Å². The number of ether oxygens (including phenoxy) is 2. The van der Waals surface area contributed by atoms with Crippen LogP contribution in [0.2, 0.25) is 0 Å². The van der Waals surface area contributed by atoms with Crippen LogP contribution in [0, 0.1) is 5.92 Å². The Morgan fingerprint density at radius 1 is 1.04 bits per heavy atom. The van der Waals surface area contributed by atoms with Gasteiger partial charge in [0.2, 0.25) is 5.91 Å². The maximum Gasteiger partial charge on any atom is 0.220 e. The Balaban J connectivity index is 1.53. The van der Waals surface area contributed by atoms with Gasteiger partial charge in [-0.15, -0.1) is 0 Å². The highest BCUT2D eigenvalue weighted by Gasteiger charge is 2.43. The van der Waals surface area contributed by atoms with Crippen LogP contribution in [0.4, 0.5) is 0 Å². The Morgan fingerprint density at radius 3 is 2.48 bits per heavy atom. The first kappa shape index (κ1) is 22.5. The molecule has 0 aromatic carbocycles. The van der Waals surface area contributed by atoms with Gasteiger partial charge in [0.25, 0.3) is 0 Å². The third-order valence-corrected chi connectivity index (χ3v) is 5.55. The quantitative estimate of drug-likeness (QED) is 0.334. The first-order valence-electron chi connectivity index (χ1n) is 10.2. The second-order valence-electron chi connectivity index (χ2n) is 7.67. The fourth-order valence-corrected chi connectivity index (χ4v) is 3.85. The maximum absolute atomic E-state index is 11.8. The maximum atomic E-state index is 11.8. The number of carbonyl (C=O) groups is 1. The number of hydrogen-bond donors (Lipinski definition) is 5. The lowest BCUT2D eigenvalue weighted by Crippen LogP contribution is -2.59. The molecule has 2 aliphatic rings. The molecule has 1 saturated heterocycles. The zero-order valence-electron chi connectivity index (χ0n) is 16.0. The van der Waals surface area contributed by atoms with Crippen LogP contribution in [0.3, 0.4) is 0 Å². The van der Waals surface area contributed by atoms with E-state index in [4.69, 9.17) is 14.6 Å². The zero-order chi connectivity index (χ0) is 19.6. The Morgan fingerprint density at radius 2 is 1.78 bits per heavy atom. The molecule has 1 heterocycles. The van der Waals surface area contributed by atoms with Crippen LogP contribution in [0.5, 0.6) is 0 Å². The fraction of sp³-hybridized carbons (Fsp3) is 0.947. The summed E-state index contributed by atoms with van der Waals surface area (Å²) in [5.41, 5.74) is 0. The Bertz CT molecular complexity index is 428. The molecule has 8 nitrogen and oxygen atoms in total. The van der Waals surface area contributed by atoms with Crippen LogP contribution in [0.15, 0.2) is 0 Å². The molecular weight excluding hydrogens is 354 g/mol. The molecule has 0 aromatic rings. The second-order valence-corrected chi connectivity index (χ2v) is 7.67. The molecule has 0 spiro atoms. The molecule has 5 N–H and O–H groups in total. The lowest BCUT2D eigenvalue weighted by molar-refractivity contribution is -0.300. The molecule has 27 heavy (non-hydrogen) atoms. The summed E-state index contributed by atoms with van der Waals surface area (Å²) in [5.74, 6) is 0.810. The van der Waals surface area contributed by atoms with E-state index in [2.05, 4.69) is 5.32 Å². The monoisotopic (exact) mass is 389 g/mol. The molecule has 0 radical (unpaired) electrons. The van der Waals surface area contributed by atoms with Gasteiger partial charge in [0, 0.05) is 13.0 Å². The minimum absolute atomic E-state index is 0.0314. The zero-order valence-corrected chi connectivity index (χ0v) is 16.0. The van der Waals surface area contributed by atoms with Crippen molar-refractivity contribution in [2.45, 2.75) is 88.5 Å². The van der Waals surface area contributed by atoms with Crippen LogP contribution in [-0.4, -0.2) is 76.8 Å². The summed E-state index contributed by atoms with van der Waals surface area (Å²) in [5, 5.41) is 41.1. The van der Waals surface area contributed by atoms with Crippen molar-refractivity contribution >= 4 is 5.91 Å². The molecule has 158 valence electrons. The average molecular weight is 389 g/mol. The van der Waals surface area contributed by atoms with Crippen molar-refractivity contribution in [2.24, 2.45) is 5.92 Å². The predicted molar refractivity (Wildman–Crippen MR) is 97.8 cm³/mol. The van der Waals surface area contributed by atoms with Crippen LogP contribution in [0.25, 0.3) is 0 Å². The molecule has 1 amide bonds. The standard InChI is InChI=1S/C19H35NO7/c21-12-14-16(23)17(24)18(25)19(27-14)26-11-10-20-15(22)9-5-4-8-13-6-2-1-3-7-13/h13-14,16-19,21,23-25H,1-12H2,(H,20,22)/t14-,16+,17+,18-,19+/m1/s1. The number of carbonyl (C=O) groups excluding carboxylic acids is 1. The topological polar surface area (TPSA) is 128 Å². The molecule has 2 rings (SSSR count). The van der Waals surface area contributed by atoms with Gasteiger partial charge in [0.05, 0.1) is 13.2 Å². The Hall–Kier alpha value is -0.770. The van der Waals surface area contributed by atoms with Crippen molar-refractivity contribution in [3.63, 3.8) is 0 Å². The average Bonchev–Trinajstić information content (AvgIpc) is 2.69. The molecule has 2 fully saturated rings. The third kappa shape index (κ3) is 7.29. The van der Waals surface area contributed by atoms with Crippen molar-refractivity contribution < 1.29 is 34.7 Å². The largest absolute Gasteiger partial charge is 0.394 e. The van der Waals surface area contributed by atoms with Crippen molar-refractivity contribution in [1.29, 1.82) is 0 Å². The summed E-state index contributed by atoms with van der Waals surface area (Å²) in [7, 11) is 0. The summed E-state index contributed by atoms with van der Waals surface area (Å²) in [4.78, 5) is 11.8. The minimum atomic E-state index is -1.46. The van der Waals surface area contributed by atoms with Crippen LogP contribution >= 0.6 is 0 Å². The van der Waals surface area contributed by atoms with Crippen molar-refractivity contribution in [1.82, 2.24) is 5.32 Å². The van der Waals surface area contributed by atoms with E-state index in [9.17, 15) is 20.1 Å². The highest BCUT2D eigenvalue weighted by Crippen LogP contribution is 2.27. The first-order valence-corrected chi connectivity index (χ1v) is 10.2. The number of rotatable bonds is 10. The van der Waals surface area contributed by atoms with Gasteiger partial charge in [0.1, 0.15) is 24.4 Å². The summed E-state index contributed by atoms with van der Waals surface area (Å²) >= 11 is 0. The molecule has 0 aromatic heterocycles. The molecule has 0 unspecified atom stereocenters. The van der Waals surface area contributed by atoms with Crippen molar-refractivity contribution in [3.05, 3.63) is 0 Å². The number of hydrogen-bond acceptors (Lipinski definition) is 7. The molecule has 1 aliphatic carbocycles. The van der Waals surface area contributed by atoms with Gasteiger partial charge < -0.3 is 35.2 Å². The lowest BCUT2D eigenvalue weighted by atomic mass is 9.85. The smallest absolute Gasteiger partial charge is 0.220 e. The van der Waals surface area contributed by atoms with Gasteiger partial charge in [-0.3, -0.25) is 4.79 Å². The Kier molecular flexibility index (Phi) is 9.95. The normalized spacial score (nSPS) is 32.4. The van der Waals surface area contributed by atoms with E-state index >= 15 is 0 Å². The molecule has 1 saturated carbocycles. The third-order valence-electron chi connectivity index (χ3n) is 5.55. The van der Waals surface area contributed by atoms with Crippen LogP contribution in [0.1, 0.15) is 57.8 Å². The van der Waals surface area contributed by atoms with E-state index in [0.29, 0.717) is 6.42 Å². The summed E-state index contributed by atoms with van der Waals surface area (Å²) in [6.07, 6.45) is 3.97. The van der Waals surface area contributed by atoms with Crippen LogP contribution < -0.4 is 5.32 Å². The number of aliphatic hydroxyl groups excluding tert-OH is 4.